The van der Waals surface area contributed by atoms with E-state index >= 15 is 0 Å². The van der Waals surface area contributed by atoms with E-state index in [1.54, 1.807) is 12.1 Å². The predicted octanol–water partition coefficient (Wildman–Crippen LogP) is 2.23. The molecule has 0 saturated carbocycles. The molecule has 0 aliphatic heterocycles. The summed E-state index contributed by atoms with van der Waals surface area (Å²) >= 11 is 5.73. The number of carbonyl (C=O) groups excluding carboxylic acids is 2. The van der Waals surface area contributed by atoms with Gasteiger partial charge in [-0.05, 0) is 24.3 Å². The Morgan fingerprint density at radius 2 is 2.05 bits per heavy atom. The molecule has 0 saturated heterocycles. The van der Waals surface area contributed by atoms with E-state index in [0.29, 0.717) is 5.69 Å². The van der Waals surface area contributed by atoms with Gasteiger partial charge in [0.15, 0.2) is 0 Å². The highest BCUT2D eigenvalue weighted by Crippen LogP contribution is 2.17. The summed E-state index contributed by atoms with van der Waals surface area (Å²) in [4.78, 5) is 26.5. The number of hydrogen-bond acceptors (Lipinski definition) is 3. The summed E-state index contributed by atoms with van der Waals surface area (Å²) in [5, 5.41) is 2.37. The molecule has 2 amide bonds. The normalized spacial score (nSPS) is 10.1. The number of rotatable bonds is 3. The number of carbonyl (C=O) groups is 2. The maximum absolute atomic E-state index is 13.1. The molecule has 20 heavy (non-hydrogen) atoms. The first-order valence-electron chi connectivity index (χ1n) is 5.49. The maximum Gasteiger partial charge on any atom is 0.258 e. The van der Waals surface area contributed by atoms with Crippen molar-refractivity contribution in [3.8, 4) is 0 Å². The number of anilines is 1. The summed E-state index contributed by atoms with van der Waals surface area (Å²) in [6.07, 6.45) is 0.910. The van der Waals surface area contributed by atoms with E-state index in [1.807, 2.05) is 0 Å². The number of amides is 2. The van der Waals surface area contributed by atoms with Crippen LogP contribution in [0.2, 0.25) is 5.15 Å². The van der Waals surface area contributed by atoms with Gasteiger partial charge in [0.2, 0.25) is 5.91 Å². The van der Waals surface area contributed by atoms with Crippen LogP contribution in [0.1, 0.15) is 20.7 Å². The monoisotopic (exact) mass is 293 g/mol. The number of benzene rings is 1. The first-order chi connectivity index (χ1) is 9.47. The van der Waals surface area contributed by atoms with Crippen molar-refractivity contribution in [2.24, 2.45) is 5.73 Å². The molecule has 0 bridgehead atoms. The number of nitrogens with zero attached hydrogens (tertiary/aromatic N) is 1. The molecule has 0 atom stereocenters. The van der Waals surface area contributed by atoms with E-state index in [2.05, 4.69) is 10.3 Å². The number of aromatic nitrogens is 1. The fraction of sp³-hybridized carbons (Fsp3) is 0. The quantitative estimate of drug-likeness (QED) is 0.851. The van der Waals surface area contributed by atoms with E-state index in [0.717, 1.165) is 12.3 Å². The van der Waals surface area contributed by atoms with Crippen LogP contribution in [0.15, 0.2) is 36.5 Å². The molecule has 1 aromatic carbocycles. The Morgan fingerprint density at radius 1 is 1.30 bits per heavy atom. The average molecular weight is 294 g/mol. The fourth-order valence-corrected chi connectivity index (χ4v) is 1.72. The number of nitrogens with one attached hydrogen (secondary N) is 1. The number of hydrogen-bond donors (Lipinski definition) is 2. The lowest BCUT2D eigenvalue weighted by atomic mass is 10.2. The Balaban J connectivity index is 2.25. The van der Waals surface area contributed by atoms with Crippen molar-refractivity contribution in [1.29, 1.82) is 0 Å². The van der Waals surface area contributed by atoms with E-state index < -0.39 is 17.6 Å². The van der Waals surface area contributed by atoms with Crippen molar-refractivity contribution < 1.29 is 14.0 Å². The standard InChI is InChI=1S/C13H9ClFN3O2/c14-11-10(5-8(15)6-17-11)13(20)18-9-3-1-2-7(4-9)12(16)19/h1-6H,(H2,16,19)(H,18,20). The number of nitrogens with two attached hydrogens (primary N) is 1. The third-order valence-corrected chi connectivity index (χ3v) is 2.76. The van der Waals surface area contributed by atoms with Gasteiger partial charge >= 0.3 is 0 Å². The largest absolute Gasteiger partial charge is 0.366 e. The molecule has 5 nitrogen and oxygen atoms in total. The van der Waals surface area contributed by atoms with Crippen LogP contribution in [0.3, 0.4) is 0 Å². The minimum Gasteiger partial charge on any atom is -0.366 e. The molecular weight excluding hydrogens is 285 g/mol. The van der Waals surface area contributed by atoms with Gasteiger partial charge in [-0.1, -0.05) is 17.7 Å². The van der Waals surface area contributed by atoms with Crippen LogP contribution in [0.25, 0.3) is 0 Å². The Hall–Kier alpha value is -2.47. The van der Waals surface area contributed by atoms with Crippen molar-refractivity contribution in [2.75, 3.05) is 5.32 Å². The Kier molecular flexibility index (Phi) is 3.95. The lowest BCUT2D eigenvalue weighted by Crippen LogP contribution is -2.15. The predicted molar refractivity (Wildman–Crippen MR) is 72.1 cm³/mol. The summed E-state index contributed by atoms with van der Waals surface area (Å²) in [6, 6.07) is 7.00. The number of primary amides is 1. The van der Waals surface area contributed by atoms with Crippen molar-refractivity contribution in [2.45, 2.75) is 0 Å². The molecule has 1 aromatic heterocycles. The molecule has 2 aromatic rings. The van der Waals surface area contributed by atoms with Gasteiger partial charge in [-0.3, -0.25) is 9.59 Å². The summed E-state index contributed by atoms with van der Waals surface area (Å²) in [5.74, 6) is -1.93. The molecule has 0 radical (unpaired) electrons. The van der Waals surface area contributed by atoms with E-state index in [1.165, 1.54) is 12.1 Å². The van der Waals surface area contributed by atoms with Crippen LogP contribution < -0.4 is 11.1 Å². The third-order valence-electron chi connectivity index (χ3n) is 2.46. The van der Waals surface area contributed by atoms with Crippen molar-refractivity contribution in [1.82, 2.24) is 4.98 Å². The minimum absolute atomic E-state index is 0.101. The van der Waals surface area contributed by atoms with Crippen LogP contribution in [-0.2, 0) is 0 Å². The summed E-state index contributed by atoms with van der Waals surface area (Å²) in [6.45, 7) is 0. The van der Waals surface area contributed by atoms with Crippen LogP contribution in [0, 0.1) is 5.82 Å². The molecule has 7 heteroatoms. The van der Waals surface area contributed by atoms with Gasteiger partial charge in [0.25, 0.3) is 5.91 Å². The van der Waals surface area contributed by atoms with Crippen LogP contribution in [0.4, 0.5) is 10.1 Å². The SMILES string of the molecule is NC(=O)c1cccc(NC(=O)c2cc(F)cnc2Cl)c1. The molecule has 0 spiro atoms. The lowest BCUT2D eigenvalue weighted by Gasteiger charge is -2.07. The van der Waals surface area contributed by atoms with Gasteiger partial charge in [0.1, 0.15) is 11.0 Å². The van der Waals surface area contributed by atoms with Crippen molar-refractivity contribution >= 4 is 29.1 Å². The van der Waals surface area contributed by atoms with E-state index in [4.69, 9.17) is 17.3 Å². The van der Waals surface area contributed by atoms with Crippen LogP contribution >= 0.6 is 11.6 Å². The van der Waals surface area contributed by atoms with E-state index in [-0.39, 0.29) is 16.3 Å². The zero-order valence-electron chi connectivity index (χ0n) is 10.1. The second-order valence-electron chi connectivity index (χ2n) is 3.89. The van der Waals surface area contributed by atoms with Crippen molar-refractivity contribution in [3.05, 3.63) is 58.6 Å². The molecule has 1 heterocycles. The first kappa shape index (κ1) is 14.0. The second-order valence-corrected chi connectivity index (χ2v) is 4.25. The Labute approximate surface area is 118 Å². The van der Waals surface area contributed by atoms with Gasteiger partial charge in [-0.2, -0.15) is 0 Å². The highest BCUT2D eigenvalue weighted by molar-refractivity contribution is 6.33. The molecule has 0 fully saturated rings. The highest BCUT2D eigenvalue weighted by atomic mass is 35.5. The smallest absolute Gasteiger partial charge is 0.258 e. The summed E-state index contributed by atoms with van der Waals surface area (Å²) in [7, 11) is 0. The van der Waals surface area contributed by atoms with Crippen molar-refractivity contribution in [3.63, 3.8) is 0 Å². The molecular formula is C13H9ClFN3O2. The van der Waals surface area contributed by atoms with Gasteiger partial charge in [-0.15, -0.1) is 0 Å². The van der Waals surface area contributed by atoms with E-state index in [9.17, 15) is 14.0 Å². The number of halogens is 2. The molecule has 0 aliphatic rings. The molecule has 0 unspecified atom stereocenters. The molecule has 3 N–H and O–H groups in total. The number of pyridine rings is 1. The maximum atomic E-state index is 13.1. The lowest BCUT2D eigenvalue weighted by molar-refractivity contribution is 0.0996. The first-order valence-corrected chi connectivity index (χ1v) is 5.87. The molecule has 2 rings (SSSR count). The van der Waals surface area contributed by atoms with Gasteiger partial charge < -0.3 is 11.1 Å². The fourth-order valence-electron chi connectivity index (χ4n) is 1.53. The topological polar surface area (TPSA) is 85.1 Å². The van der Waals surface area contributed by atoms with Crippen LogP contribution in [0.5, 0.6) is 0 Å². The zero-order chi connectivity index (χ0) is 14.7. The Bertz CT molecular complexity index is 691. The van der Waals surface area contributed by atoms with Gasteiger partial charge in [-0.25, -0.2) is 9.37 Å². The molecule has 102 valence electrons. The van der Waals surface area contributed by atoms with Crippen LogP contribution in [-0.4, -0.2) is 16.8 Å². The van der Waals surface area contributed by atoms with Gasteiger partial charge in [0.05, 0.1) is 11.8 Å². The molecule has 0 aliphatic carbocycles. The second kappa shape index (κ2) is 5.66. The summed E-state index contributed by atoms with van der Waals surface area (Å²) < 4.78 is 13.1. The Morgan fingerprint density at radius 3 is 2.75 bits per heavy atom. The summed E-state index contributed by atoms with van der Waals surface area (Å²) in [5.41, 5.74) is 5.62. The highest BCUT2D eigenvalue weighted by Gasteiger charge is 2.13. The zero-order valence-corrected chi connectivity index (χ0v) is 10.8. The minimum atomic E-state index is -0.676. The third kappa shape index (κ3) is 3.10. The average Bonchev–Trinajstić information content (AvgIpc) is 2.41. The van der Waals surface area contributed by atoms with Gasteiger partial charge in [0, 0.05) is 11.3 Å².